The number of likely N-dealkylation sites (tertiary alicyclic amines) is 1. The van der Waals surface area contributed by atoms with Crippen molar-refractivity contribution >= 4 is 17.3 Å². The topological polar surface area (TPSA) is 52.6 Å². The van der Waals surface area contributed by atoms with Crippen LogP contribution in [0.25, 0.3) is 0 Å². The summed E-state index contributed by atoms with van der Waals surface area (Å²) in [5, 5.41) is 8.21. The standard InChI is InChI=1S/C23H35N5S/c1-5-24-23(25-14-11-22-17(2)26-19(4)29-22)27-21-12-15-28(16-13-21)18(3)20-9-7-6-8-10-20/h6-10,18,21H,5,11-16H2,1-4H3,(H2,24,25,27). The van der Waals surface area contributed by atoms with Crippen LogP contribution in [-0.4, -0.2) is 48.1 Å². The zero-order valence-electron chi connectivity index (χ0n) is 18.2. The Hall–Kier alpha value is -1.92. The summed E-state index contributed by atoms with van der Waals surface area (Å²) in [4.78, 5) is 13.3. The lowest BCUT2D eigenvalue weighted by Gasteiger charge is -2.37. The van der Waals surface area contributed by atoms with Gasteiger partial charge in [-0.15, -0.1) is 11.3 Å². The van der Waals surface area contributed by atoms with Gasteiger partial charge in [-0.2, -0.15) is 0 Å². The fourth-order valence-corrected chi connectivity index (χ4v) is 4.89. The first kappa shape index (κ1) is 21.8. The van der Waals surface area contributed by atoms with E-state index in [1.165, 1.54) is 10.4 Å². The number of benzene rings is 1. The number of aliphatic imine (C=N–C) groups is 1. The van der Waals surface area contributed by atoms with E-state index in [0.29, 0.717) is 12.1 Å². The predicted molar refractivity (Wildman–Crippen MR) is 124 cm³/mol. The molecule has 0 radical (unpaired) electrons. The summed E-state index contributed by atoms with van der Waals surface area (Å²) in [6, 6.07) is 11.8. The van der Waals surface area contributed by atoms with Gasteiger partial charge in [-0.3, -0.25) is 9.89 Å². The first-order chi connectivity index (χ1) is 14.1. The quantitative estimate of drug-likeness (QED) is 0.530. The molecular weight excluding hydrogens is 378 g/mol. The molecule has 1 aromatic carbocycles. The van der Waals surface area contributed by atoms with E-state index in [9.17, 15) is 0 Å². The van der Waals surface area contributed by atoms with E-state index >= 15 is 0 Å². The van der Waals surface area contributed by atoms with Gasteiger partial charge in [-0.25, -0.2) is 4.98 Å². The number of nitrogens with zero attached hydrogens (tertiary/aromatic N) is 3. The number of aryl methyl sites for hydroxylation is 2. The van der Waals surface area contributed by atoms with Gasteiger partial charge >= 0.3 is 0 Å². The first-order valence-corrected chi connectivity index (χ1v) is 11.6. The third-order valence-corrected chi connectivity index (χ3v) is 6.79. The molecule has 0 saturated carbocycles. The van der Waals surface area contributed by atoms with Gasteiger partial charge < -0.3 is 10.6 Å². The molecule has 3 rings (SSSR count). The van der Waals surface area contributed by atoms with Crippen LogP contribution >= 0.6 is 11.3 Å². The molecule has 1 atom stereocenters. The van der Waals surface area contributed by atoms with Crippen molar-refractivity contribution in [3.05, 3.63) is 51.5 Å². The maximum absolute atomic E-state index is 4.81. The Morgan fingerprint density at radius 1 is 1.24 bits per heavy atom. The molecule has 29 heavy (non-hydrogen) atoms. The van der Waals surface area contributed by atoms with E-state index in [2.05, 4.69) is 78.5 Å². The molecule has 0 spiro atoms. The molecule has 2 N–H and O–H groups in total. The first-order valence-electron chi connectivity index (χ1n) is 10.8. The molecule has 1 unspecified atom stereocenters. The highest BCUT2D eigenvalue weighted by molar-refractivity contribution is 7.11. The Morgan fingerprint density at radius 3 is 2.59 bits per heavy atom. The van der Waals surface area contributed by atoms with Gasteiger partial charge in [0.15, 0.2) is 5.96 Å². The minimum Gasteiger partial charge on any atom is -0.357 e. The molecule has 2 heterocycles. The Bertz CT molecular complexity index is 778. The summed E-state index contributed by atoms with van der Waals surface area (Å²) in [6.07, 6.45) is 3.25. The summed E-state index contributed by atoms with van der Waals surface area (Å²) >= 11 is 1.79. The van der Waals surface area contributed by atoms with Crippen molar-refractivity contribution in [2.75, 3.05) is 26.2 Å². The van der Waals surface area contributed by atoms with Crippen LogP contribution in [0.5, 0.6) is 0 Å². The summed E-state index contributed by atoms with van der Waals surface area (Å²) in [6.45, 7) is 12.5. The zero-order chi connectivity index (χ0) is 20.6. The van der Waals surface area contributed by atoms with Crippen molar-refractivity contribution in [2.45, 2.75) is 59.0 Å². The molecule has 1 aromatic heterocycles. The lowest BCUT2D eigenvalue weighted by Crippen LogP contribution is -2.49. The Labute approximate surface area is 179 Å². The lowest BCUT2D eigenvalue weighted by molar-refractivity contribution is 0.158. The van der Waals surface area contributed by atoms with E-state index in [4.69, 9.17) is 4.99 Å². The molecule has 0 bridgehead atoms. The molecule has 5 nitrogen and oxygen atoms in total. The van der Waals surface area contributed by atoms with Crippen molar-refractivity contribution in [1.29, 1.82) is 0 Å². The van der Waals surface area contributed by atoms with Crippen molar-refractivity contribution in [3.63, 3.8) is 0 Å². The summed E-state index contributed by atoms with van der Waals surface area (Å²) in [7, 11) is 0. The van der Waals surface area contributed by atoms with Gasteiger partial charge in [0.2, 0.25) is 0 Å². The number of aromatic nitrogens is 1. The average Bonchev–Trinajstić information content (AvgIpc) is 3.06. The van der Waals surface area contributed by atoms with Gasteiger partial charge in [0.1, 0.15) is 0 Å². The molecule has 1 aliphatic heterocycles. The number of thiazole rings is 1. The number of guanidine groups is 1. The van der Waals surface area contributed by atoms with E-state index in [1.807, 2.05) is 0 Å². The van der Waals surface area contributed by atoms with Crippen LogP contribution in [0.1, 0.15) is 53.9 Å². The molecular formula is C23H35N5S. The van der Waals surface area contributed by atoms with Crippen LogP contribution in [0.15, 0.2) is 35.3 Å². The van der Waals surface area contributed by atoms with E-state index in [-0.39, 0.29) is 0 Å². The molecule has 2 aromatic rings. The largest absolute Gasteiger partial charge is 0.357 e. The minimum absolute atomic E-state index is 0.477. The summed E-state index contributed by atoms with van der Waals surface area (Å²) in [5.41, 5.74) is 2.56. The van der Waals surface area contributed by atoms with Crippen molar-refractivity contribution in [1.82, 2.24) is 20.5 Å². The third kappa shape index (κ3) is 6.28. The van der Waals surface area contributed by atoms with Crippen molar-refractivity contribution in [3.8, 4) is 0 Å². The van der Waals surface area contributed by atoms with E-state index in [0.717, 1.165) is 62.1 Å². The number of rotatable bonds is 7. The SMILES string of the molecule is CCNC(=NCCc1sc(C)nc1C)NC1CCN(C(C)c2ccccc2)CC1. The second-order valence-corrected chi connectivity index (χ2v) is 9.08. The Kier molecular flexibility index (Phi) is 8.07. The number of hydrogen-bond acceptors (Lipinski definition) is 4. The number of piperidine rings is 1. The van der Waals surface area contributed by atoms with Gasteiger partial charge in [0.25, 0.3) is 0 Å². The summed E-state index contributed by atoms with van der Waals surface area (Å²) in [5.74, 6) is 0.945. The maximum atomic E-state index is 4.81. The van der Waals surface area contributed by atoms with Crippen LogP contribution < -0.4 is 10.6 Å². The van der Waals surface area contributed by atoms with Gasteiger partial charge in [-0.1, -0.05) is 30.3 Å². The van der Waals surface area contributed by atoms with Crippen LogP contribution in [-0.2, 0) is 6.42 Å². The van der Waals surface area contributed by atoms with Crippen molar-refractivity contribution < 1.29 is 0 Å². The molecule has 158 valence electrons. The molecule has 6 heteroatoms. The average molecular weight is 414 g/mol. The molecule has 1 fully saturated rings. The molecule has 0 aliphatic carbocycles. The highest BCUT2D eigenvalue weighted by atomic mass is 32.1. The maximum Gasteiger partial charge on any atom is 0.191 e. The molecule has 1 aliphatic rings. The fourth-order valence-electron chi connectivity index (χ4n) is 3.96. The number of nitrogens with one attached hydrogen (secondary N) is 2. The molecule has 1 saturated heterocycles. The van der Waals surface area contributed by atoms with Gasteiger partial charge in [0, 0.05) is 49.6 Å². The lowest BCUT2D eigenvalue weighted by atomic mass is 10.0. The second-order valence-electron chi connectivity index (χ2n) is 7.79. The zero-order valence-corrected chi connectivity index (χ0v) is 19.1. The second kappa shape index (κ2) is 10.7. The molecule has 0 amide bonds. The van der Waals surface area contributed by atoms with Crippen LogP contribution in [0.3, 0.4) is 0 Å². The normalized spacial score (nSPS) is 17.3. The fraction of sp³-hybridized carbons (Fsp3) is 0.565. The van der Waals surface area contributed by atoms with Crippen LogP contribution in [0.2, 0.25) is 0 Å². The van der Waals surface area contributed by atoms with E-state index in [1.54, 1.807) is 11.3 Å². The van der Waals surface area contributed by atoms with Gasteiger partial charge in [0.05, 0.1) is 10.7 Å². The highest BCUT2D eigenvalue weighted by Crippen LogP contribution is 2.24. The summed E-state index contributed by atoms with van der Waals surface area (Å²) < 4.78 is 0. The monoisotopic (exact) mass is 413 g/mol. The third-order valence-electron chi connectivity index (χ3n) is 5.65. The highest BCUT2D eigenvalue weighted by Gasteiger charge is 2.24. The number of hydrogen-bond donors (Lipinski definition) is 2. The Morgan fingerprint density at radius 2 is 1.97 bits per heavy atom. The van der Waals surface area contributed by atoms with E-state index < -0.39 is 0 Å². The van der Waals surface area contributed by atoms with Crippen molar-refractivity contribution in [2.24, 2.45) is 4.99 Å². The van der Waals surface area contributed by atoms with Crippen LogP contribution in [0, 0.1) is 13.8 Å². The van der Waals surface area contributed by atoms with Gasteiger partial charge in [-0.05, 0) is 46.1 Å². The Balaban J connectivity index is 1.49. The predicted octanol–water partition coefficient (Wildman–Crippen LogP) is 4.08. The smallest absolute Gasteiger partial charge is 0.191 e. The minimum atomic E-state index is 0.477. The van der Waals surface area contributed by atoms with Crippen LogP contribution in [0.4, 0.5) is 0 Å².